The standard InChI is InChI=1S/C28H25N3O/c1-17-10-11-25-21(14-17)23(28(32)31-25)16-27-22(20-8-4-5-9-24(20)30-27)15-26-19-7-3-2-6-18(19)12-13-29-26/h2-3,6-7,10-14,16,30H,4-5,8-9,15H2,1H3,(H,31,32). The van der Waals surface area contributed by atoms with Crippen molar-refractivity contribution in [1.82, 2.24) is 9.97 Å². The number of pyridine rings is 1. The van der Waals surface area contributed by atoms with Crippen LogP contribution >= 0.6 is 0 Å². The Kier molecular flexibility index (Phi) is 4.46. The number of anilines is 1. The van der Waals surface area contributed by atoms with Crippen molar-refractivity contribution in [2.75, 3.05) is 5.32 Å². The first-order chi connectivity index (χ1) is 15.7. The summed E-state index contributed by atoms with van der Waals surface area (Å²) in [5.74, 6) is -0.0348. The van der Waals surface area contributed by atoms with E-state index in [1.54, 1.807) is 0 Å². The van der Waals surface area contributed by atoms with Crippen LogP contribution in [0.25, 0.3) is 22.4 Å². The van der Waals surface area contributed by atoms with E-state index in [4.69, 9.17) is 4.98 Å². The number of hydrogen-bond donors (Lipinski definition) is 2. The minimum absolute atomic E-state index is 0.0348. The molecule has 0 atom stereocenters. The highest BCUT2D eigenvalue weighted by Crippen LogP contribution is 2.36. The number of rotatable bonds is 3. The van der Waals surface area contributed by atoms with Crippen LogP contribution in [0.15, 0.2) is 54.7 Å². The quantitative estimate of drug-likeness (QED) is 0.410. The van der Waals surface area contributed by atoms with Crippen LogP contribution in [0.5, 0.6) is 0 Å². The van der Waals surface area contributed by atoms with Gasteiger partial charge in [-0.05, 0) is 73.4 Å². The number of nitrogens with zero attached hydrogens (tertiary/aromatic N) is 1. The predicted molar refractivity (Wildman–Crippen MR) is 130 cm³/mol. The first kappa shape index (κ1) is 19.1. The zero-order valence-corrected chi connectivity index (χ0v) is 18.2. The van der Waals surface area contributed by atoms with Crippen molar-refractivity contribution in [3.63, 3.8) is 0 Å². The SMILES string of the molecule is Cc1ccc2c(c1)C(=Cc1[nH]c3c(c1Cc1nccc4ccccc14)CCCC3)C(=O)N2. The highest BCUT2D eigenvalue weighted by Gasteiger charge is 2.26. The highest BCUT2D eigenvalue weighted by molar-refractivity contribution is 6.34. The average Bonchev–Trinajstić information content (AvgIpc) is 3.31. The number of aryl methyl sites for hydroxylation is 2. The molecule has 1 aliphatic carbocycles. The number of aromatic amines is 1. The predicted octanol–water partition coefficient (Wildman–Crippen LogP) is 5.83. The number of fused-ring (bicyclic) bond motifs is 3. The number of hydrogen-bond acceptors (Lipinski definition) is 2. The molecule has 0 spiro atoms. The summed E-state index contributed by atoms with van der Waals surface area (Å²) in [6, 6.07) is 16.6. The molecular weight excluding hydrogens is 394 g/mol. The molecule has 32 heavy (non-hydrogen) atoms. The Hall–Kier alpha value is -3.66. The van der Waals surface area contributed by atoms with Crippen LogP contribution in [0.4, 0.5) is 5.69 Å². The van der Waals surface area contributed by atoms with Gasteiger partial charge in [0.2, 0.25) is 0 Å². The Bertz CT molecular complexity index is 1400. The first-order valence-electron chi connectivity index (χ1n) is 11.4. The molecule has 2 N–H and O–H groups in total. The molecule has 0 radical (unpaired) electrons. The molecule has 1 aliphatic heterocycles. The van der Waals surface area contributed by atoms with Crippen LogP contribution in [0.1, 0.15) is 52.2 Å². The van der Waals surface area contributed by atoms with Crippen molar-refractivity contribution < 1.29 is 4.79 Å². The number of carbonyl (C=O) groups excluding carboxylic acids is 1. The van der Waals surface area contributed by atoms with Gasteiger partial charge in [-0.1, -0.05) is 35.9 Å². The van der Waals surface area contributed by atoms with Crippen LogP contribution in [-0.2, 0) is 24.1 Å². The minimum Gasteiger partial charge on any atom is -0.358 e. The van der Waals surface area contributed by atoms with E-state index in [0.717, 1.165) is 53.0 Å². The van der Waals surface area contributed by atoms with Gasteiger partial charge in [0.1, 0.15) is 0 Å². The van der Waals surface area contributed by atoms with Gasteiger partial charge in [-0.2, -0.15) is 0 Å². The Morgan fingerprint density at radius 2 is 1.94 bits per heavy atom. The van der Waals surface area contributed by atoms with Crippen LogP contribution in [0.2, 0.25) is 0 Å². The van der Waals surface area contributed by atoms with E-state index in [-0.39, 0.29) is 5.91 Å². The van der Waals surface area contributed by atoms with Crippen molar-refractivity contribution in [3.8, 4) is 0 Å². The molecular formula is C28H25N3O. The molecule has 2 aromatic heterocycles. The number of carbonyl (C=O) groups is 1. The van der Waals surface area contributed by atoms with Crippen molar-refractivity contribution >= 4 is 34.0 Å². The molecule has 0 bridgehead atoms. The molecule has 0 saturated heterocycles. The lowest BCUT2D eigenvalue weighted by molar-refractivity contribution is -0.110. The topological polar surface area (TPSA) is 57.8 Å². The molecule has 3 heterocycles. The fourth-order valence-corrected chi connectivity index (χ4v) is 5.18. The molecule has 4 heteroatoms. The summed E-state index contributed by atoms with van der Waals surface area (Å²) in [4.78, 5) is 21.3. The smallest absolute Gasteiger partial charge is 0.256 e. The maximum atomic E-state index is 12.8. The van der Waals surface area contributed by atoms with Crippen LogP contribution in [0.3, 0.4) is 0 Å². The number of aromatic nitrogens is 2. The van der Waals surface area contributed by atoms with E-state index < -0.39 is 0 Å². The number of nitrogens with one attached hydrogen (secondary N) is 2. The monoisotopic (exact) mass is 419 g/mol. The van der Waals surface area contributed by atoms with Crippen LogP contribution in [0, 0.1) is 6.92 Å². The van der Waals surface area contributed by atoms with Gasteiger partial charge >= 0.3 is 0 Å². The highest BCUT2D eigenvalue weighted by atomic mass is 16.2. The van der Waals surface area contributed by atoms with Gasteiger partial charge < -0.3 is 10.3 Å². The van der Waals surface area contributed by atoms with Crippen LogP contribution in [-0.4, -0.2) is 15.9 Å². The van der Waals surface area contributed by atoms with Crippen molar-refractivity contribution in [3.05, 3.63) is 94.1 Å². The Morgan fingerprint density at radius 1 is 1.06 bits per heavy atom. The molecule has 0 fully saturated rings. The van der Waals surface area contributed by atoms with E-state index in [9.17, 15) is 4.79 Å². The second-order valence-electron chi connectivity index (χ2n) is 8.90. The van der Waals surface area contributed by atoms with E-state index in [2.05, 4.69) is 59.7 Å². The lowest BCUT2D eigenvalue weighted by atomic mass is 9.91. The van der Waals surface area contributed by atoms with Gasteiger partial charge in [0.25, 0.3) is 5.91 Å². The van der Waals surface area contributed by atoms with Gasteiger partial charge in [0.15, 0.2) is 0 Å². The summed E-state index contributed by atoms with van der Waals surface area (Å²) in [7, 11) is 0. The molecule has 158 valence electrons. The van der Waals surface area contributed by atoms with Crippen molar-refractivity contribution in [2.24, 2.45) is 0 Å². The molecule has 0 unspecified atom stereocenters. The summed E-state index contributed by atoms with van der Waals surface area (Å²) in [5.41, 5.74) is 9.91. The Labute approximate surface area is 187 Å². The van der Waals surface area contributed by atoms with E-state index in [1.165, 1.54) is 40.4 Å². The van der Waals surface area contributed by atoms with Crippen molar-refractivity contribution in [2.45, 2.75) is 39.0 Å². The molecule has 2 aliphatic rings. The molecule has 0 saturated carbocycles. The third kappa shape index (κ3) is 3.14. The fourth-order valence-electron chi connectivity index (χ4n) is 5.18. The van der Waals surface area contributed by atoms with E-state index >= 15 is 0 Å². The van der Waals surface area contributed by atoms with Crippen molar-refractivity contribution in [1.29, 1.82) is 0 Å². The summed E-state index contributed by atoms with van der Waals surface area (Å²) < 4.78 is 0. The number of H-pyrrole nitrogens is 1. The largest absolute Gasteiger partial charge is 0.358 e. The maximum Gasteiger partial charge on any atom is 0.256 e. The number of amides is 1. The summed E-state index contributed by atoms with van der Waals surface area (Å²) in [6.45, 7) is 2.06. The summed E-state index contributed by atoms with van der Waals surface area (Å²) in [5, 5.41) is 5.42. The maximum absolute atomic E-state index is 12.8. The lowest BCUT2D eigenvalue weighted by Crippen LogP contribution is -2.04. The third-order valence-electron chi connectivity index (χ3n) is 6.79. The lowest BCUT2D eigenvalue weighted by Gasteiger charge is -2.13. The molecule has 6 rings (SSSR count). The molecule has 2 aromatic carbocycles. The first-order valence-corrected chi connectivity index (χ1v) is 11.4. The third-order valence-corrected chi connectivity index (χ3v) is 6.79. The molecule has 4 aromatic rings. The molecule has 1 amide bonds. The van der Waals surface area contributed by atoms with E-state index in [0.29, 0.717) is 0 Å². The molecule has 4 nitrogen and oxygen atoms in total. The summed E-state index contributed by atoms with van der Waals surface area (Å²) in [6.07, 6.45) is 9.27. The van der Waals surface area contributed by atoms with Gasteiger partial charge in [0, 0.05) is 40.6 Å². The van der Waals surface area contributed by atoms with Crippen LogP contribution < -0.4 is 5.32 Å². The zero-order valence-electron chi connectivity index (χ0n) is 18.2. The van der Waals surface area contributed by atoms with Gasteiger partial charge in [-0.15, -0.1) is 0 Å². The average molecular weight is 420 g/mol. The number of benzene rings is 2. The second-order valence-corrected chi connectivity index (χ2v) is 8.90. The second kappa shape index (κ2) is 7.49. The zero-order chi connectivity index (χ0) is 21.7. The van der Waals surface area contributed by atoms with Gasteiger partial charge in [-0.25, -0.2) is 0 Å². The normalized spacial score (nSPS) is 16.3. The fraction of sp³-hybridized carbons (Fsp3) is 0.214. The minimum atomic E-state index is -0.0348. The Morgan fingerprint density at radius 3 is 2.88 bits per heavy atom. The summed E-state index contributed by atoms with van der Waals surface area (Å²) >= 11 is 0. The Balaban J connectivity index is 1.50. The van der Waals surface area contributed by atoms with E-state index in [1.807, 2.05) is 18.3 Å². The van der Waals surface area contributed by atoms with Gasteiger partial charge in [-0.3, -0.25) is 9.78 Å². The van der Waals surface area contributed by atoms with Gasteiger partial charge in [0.05, 0.1) is 11.3 Å².